The van der Waals surface area contributed by atoms with Crippen molar-refractivity contribution in [3.05, 3.63) is 48.3 Å². The number of para-hydroxylation sites is 1. The molecule has 1 N–H and O–H groups in total. The lowest BCUT2D eigenvalue weighted by molar-refractivity contribution is -0.133. The van der Waals surface area contributed by atoms with Crippen LogP contribution in [0.3, 0.4) is 0 Å². The number of rotatable bonds is 5. The highest BCUT2D eigenvalue weighted by Crippen LogP contribution is 2.31. The largest absolute Gasteiger partial charge is 0.496 e. The zero-order valence-electron chi connectivity index (χ0n) is 17.5. The second-order valence-electron chi connectivity index (χ2n) is 7.80. The van der Waals surface area contributed by atoms with Crippen molar-refractivity contribution < 1.29 is 14.3 Å². The molecule has 7 nitrogen and oxygen atoms in total. The summed E-state index contributed by atoms with van der Waals surface area (Å²) in [6, 6.07) is 11.5. The molecule has 3 heterocycles. The van der Waals surface area contributed by atoms with Crippen molar-refractivity contribution in [2.45, 2.75) is 12.8 Å². The fourth-order valence-electron chi connectivity index (χ4n) is 3.93. The third-order valence-electron chi connectivity index (χ3n) is 5.79. The van der Waals surface area contributed by atoms with Crippen LogP contribution in [0.4, 0.5) is 0 Å². The van der Waals surface area contributed by atoms with Gasteiger partial charge in [-0.05, 0) is 36.6 Å². The summed E-state index contributed by atoms with van der Waals surface area (Å²) in [5, 5.41) is 3.80. The van der Waals surface area contributed by atoms with Gasteiger partial charge in [0.2, 0.25) is 5.91 Å². The summed E-state index contributed by atoms with van der Waals surface area (Å²) in [4.78, 5) is 31.5. The van der Waals surface area contributed by atoms with Crippen LogP contribution >= 0.6 is 0 Å². The van der Waals surface area contributed by atoms with Gasteiger partial charge in [0.25, 0.3) is 5.91 Å². The van der Waals surface area contributed by atoms with Crippen molar-refractivity contribution in [1.29, 1.82) is 0 Å². The highest BCUT2D eigenvalue weighted by molar-refractivity contribution is 6.06. The summed E-state index contributed by atoms with van der Waals surface area (Å²) in [6.07, 6.45) is 3.27. The van der Waals surface area contributed by atoms with Gasteiger partial charge in [0, 0.05) is 50.8 Å². The van der Waals surface area contributed by atoms with E-state index in [1.807, 2.05) is 61.3 Å². The molecule has 1 saturated heterocycles. The van der Waals surface area contributed by atoms with E-state index in [1.54, 1.807) is 12.0 Å². The smallest absolute Gasteiger partial charge is 0.270 e. The van der Waals surface area contributed by atoms with E-state index in [9.17, 15) is 9.59 Å². The average molecular weight is 406 g/mol. The number of piperidine rings is 1. The number of aromatic nitrogens is 2. The van der Waals surface area contributed by atoms with Crippen molar-refractivity contribution in [1.82, 2.24) is 19.8 Å². The average Bonchev–Trinajstić information content (AvgIpc) is 3.14. The van der Waals surface area contributed by atoms with Crippen LogP contribution in [0.2, 0.25) is 0 Å². The Kier molecular flexibility index (Phi) is 5.44. The van der Waals surface area contributed by atoms with E-state index in [0.29, 0.717) is 30.1 Å². The van der Waals surface area contributed by atoms with Crippen LogP contribution in [-0.4, -0.2) is 53.5 Å². The number of benzene rings is 1. The fraction of sp³-hybridized carbons (Fsp3) is 0.348. The monoisotopic (exact) mass is 406 g/mol. The van der Waals surface area contributed by atoms with Crippen LogP contribution < -0.4 is 10.1 Å². The number of nitrogens with zero attached hydrogens (tertiary/aromatic N) is 3. The first-order valence-corrected chi connectivity index (χ1v) is 10.1. The molecule has 7 heteroatoms. The van der Waals surface area contributed by atoms with Crippen molar-refractivity contribution >= 4 is 22.7 Å². The Labute approximate surface area is 175 Å². The minimum absolute atomic E-state index is 0.127. The van der Waals surface area contributed by atoms with Gasteiger partial charge < -0.3 is 19.5 Å². The van der Waals surface area contributed by atoms with E-state index >= 15 is 0 Å². The predicted octanol–water partition coefficient (Wildman–Crippen LogP) is 2.85. The minimum atomic E-state index is -0.227. The molecule has 1 fully saturated rings. The standard InChI is InChI=1S/C23H26N4O3/c1-26-11-9-17-19(26)13-18(16-6-4-5-7-20(16)30-3)25-22(17)23(29)24-14-15-8-10-27(2)21(28)12-15/h4-7,9,11,13,15H,8,10,12,14H2,1-3H3,(H,24,29). The summed E-state index contributed by atoms with van der Waals surface area (Å²) in [5.41, 5.74) is 2.82. The third-order valence-corrected chi connectivity index (χ3v) is 5.79. The topological polar surface area (TPSA) is 76.5 Å². The van der Waals surface area contributed by atoms with Crippen LogP contribution in [0.1, 0.15) is 23.3 Å². The first kappa shape index (κ1) is 19.9. The molecule has 1 aliphatic heterocycles. The molecule has 1 aromatic carbocycles. The molecule has 4 rings (SSSR count). The molecule has 0 bridgehead atoms. The second-order valence-corrected chi connectivity index (χ2v) is 7.80. The zero-order valence-corrected chi connectivity index (χ0v) is 17.5. The zero-order chi connectivity index (χ0) is 21.3. The predicted molar refractivity (Wildman–Crippen MR) is 115 cm³/mol. The summed E-state index contributed by atoms with van der Waals surface area (Å²) >= 11 is 0. The Balaban J connectivity index is 1.64. The van der Waals surface area contributed by atoms with Crippen molar-refractivity contribution in [3.63, 3.8) is 0 Å². The molecule has 0 spiro atoms. The Morgan fingerprint density at radius 2 is 2.07 bits per heavy atom. The van der Waals surface area contributed by atoms with Crippen LogP contribution in [0.5, 0.6) is 5.75 Å². The van der Waals surface area contributed by atoms with E-state index in [0.717, 1.165) is 29.4 Å². The molecular weight excluding hydrogens is 380 g/mol. The number of carbonyl (C=O) groups excluding carboxylic acids is 2. The maximum Gasteiger partial charge on any atom is 0.270 e. The van der Waals surface area contributed by atoms with Gasteiger partial charge in [-0.25, -0.2) is 4.98 Å². The van der Waals surface area contributed by atoms with Gasteiger partial charge in [-0.15, -0.1) is 0 Å². The van der Waals surface area contributed by atoms with Gasteiger partial charge in [0.05, 0.1) is 18.3 Å². The van der Waals surface area contributed by atoms with Gasteiger partial charge in [-0.3, -0.25) is 9.59 Å². The van der Waals surface area contributed by atoms with Gasteiger partial charge in [0.15, 0.2) is 0 Å². The Hall–Kier alpha value is -3.35. The highest BCUT2D eigenvalue weighted by Gasteiger charge is 2.24. The molecule has 156 valence electrons. The molecule has 0 radical (unpaired) electrons. The number of amides is 2. The van der Waals surface area contributed by atoms with Gasteiger partial charge in [-0.1, -0.05) is 12.1 Å². The third kappa shape index (κ3) is 3.75. The van der Waals surface area contributed by atoms with E-state index in [4.69, 9.17) is 9.72 Å². The number of fused-ring (bicyclic) bond motifs is 1. The first-order valence-electron chi connectivity index (χ1n) is 10.1. The van der Waals surface area contributed by atoms with Gasteiger partial charge in [-0.2, -0.15) is 0 Å². The number of pyridine rings is 1. The van der Waals surface area contributed by atoms with Crippen LogP contribution in [0.15, 0.2) is 42.6 Å². The highest BCUT2D eigenvalue weighted by atomic mass is 16.5. The number of likely N-dealkylation sites (tertiary alicyclic amines) is 1. The normalized spacial score (nSPS) is 16.7. The van der Waals surface area contributed by atoms with Gasteiger partial charge in [0.1, 0.15) is 11.4 Å². The number of hydrogen-bond donors (Lipinski definition) is 1. The Bertz CT molecular complexity index is 1110. The lowest BCUT2D eigenvalue weighted by Crippen LogP contribution is -2.40. The maximum atomic E-state index is 13.1. The number of hydrogen-bond acceptors (Lipinski definition) is 4. The second kappa shape index (κ2) is 8.18. The molecule has 0 saturated carbocycles. The maximum absolute atomic E-state index is 13.1. The molecule has 0 aliphatic carbocycles. The van der Waals surface area contributed by atoms with Crippen LogP contribution in [-0.2, 0) is 11.8 Å². The molecule has 1 aliphatic rings. The summed E-state index contributed by atoms with van der Waals surface area (Å²) in [6.45, 7) is 1.19. The Morgan fingerprint density at radius 1 is 1.27 bits per heavy atom. The first-order chi connectivity index (χ1) is 14.5. The van der Waals surface area contributed by atoms with Gasteiger partial charge >= 0.3 is 0 Å². The summed E-state index contributed by atoms with van der Waals surface area (Å²) in [5.74, 6) is 0.757. The molecular formula is C23H26N4O3. The number of ether oxygens (including phenoxy) is 1. The summed E-state index contributed by atoms with van der Waals surface area (Å²) < 4.78 is 7.46. The number of carbonyl (C=O) groups is 2. The van der Waals surface area contributed by atoms with E-state index in [1.165, 1.54) is 0 Å². The summed E-state index contributed by atoms with van der Waals surface area (Å²) in [7, 11) is 5.38. The molecule has 3 aromatic rings. The number of aryl methyl sites for hydroxylation is 1. The number of nitrogens with one attached hydrogen (secondary N) is 1. The van der Waals surface area contributed by atoms with E-state index < -0.39 is 0 Å². The van der Waals surface area contributed by atoms with Crippen molar-refractivity contribution in [2.24, 2.45) is 13.0 Å². The molecule has 2 amide bonds. The van der Waals surface area contributed by atoms with Crippen molar-refractivity contribution in [3.8, 4) is 17.0 Å². The lowest BCUT2D eigenvalue weighted by atomic mass is 9.96. The number of methoxy groups -OCH3 is 1. The molecule has 1 atom stereocenters. The quantitative estimate of drug-likeness (QED) is 0.707. The fourth-order valence-corrected chi connectivity index (χ4v) is 3.93. The van der Waals surface area contributed by atoms with Crippen LogP contribution in [0, 0.1) is 5.92 Å². The molecule has 30 heavy (non-hydrogen) atoms. The van der Waals surface area contributed by atoms with E-state index in [2.05, 4.69) is 5.32 Å². The van der Waals surface area contributed by atoms with Crippen LogP contribution in [0.25, 0.3) is 22.2 Å². The molecule has 2 aromatic heterocycles. The lowest BCUT2D eigenvalue weighted by Gasteiger charge is -2.28. The van der Waals surface area contributed by atoms with E-state index in [-0.39, 0.29) is 17.7 Å². The SMILES string of the molecule is COc1ccccc1-c1cc2c(ccn2C)c(C(=O)NCC2CCN(C)C(=O)C2)n1. The molecule has 1 unspecified atom stereocenters. The van der Waals surface area contributed by atoms with Crippen molar-refractivity contribution in [2.75, 3.05) is 27.2 Å². The minimum Gasteiger partial charge on any atom is -0.496 e. The Morgan fingerprint density at radius 3 is 2.83 bits per heavy atom.